The average Bonchev–Trinajstić information content (AvgIpc) is 3.04. The highest BCUT2D eigenvalue weighted by molar-refractivity contribution is 9.10. The topological polar surface area (TPSA) is 30.3 Å². The third kappa shape index (κ3) is 3.94. The summed E-state index contributed by atoms with van der Waals surface area (Å²) in [6.07, 6.45) is 3.78. The van der Waals surface area contributed by atoms with Gasteiger partial charge < -0.3 is 14.2 Å². The van der Waals surface area contributed by atoms with Crippen LogP contribution in [-0.2, 0) is 12.8 Å². The Morgan fingerprint density at radius 1 is 1.14 bits per heavy atom. The molecule has 0 unspecified atom stereocenters. The molecule has 2 heterocycles. The first-order valence-electron chi connectivity index (χ1n) is 9.72. The second-order valence-corrected chi connectivity index (χ2v) is 8.45. The summed E-state index contributed by atoms with van der Waals surface area (Å²) in [6, 6.07) is 12.0. The number of rotatable bonds is 5. The molecule has 0 bridgehead atoms. The Balaban J connectivity index is 1.63. The summed E-state index contributed by atoms with van der Waals surface area (Å²) in [5, 5.41) is 0. The van der Waals surface area contributed by atoms with Gasteiger partial charge in [0, 0.05) is 16.9 Å². The number of fused-ring (bicyclic) bond motifs is 1. The standard InChI is InChI=1S/C22H25BrFN3O/c1-26-11-9-17(10-12-26)27-20-6-5-16(23)14-19(20)25-22(27)8-4-15-3-7-21(28-2)18(24)13-15/h3,5-7,13-14,17H,4,8-12H2,1-2H3. The normalized spacial score (nSPS) is 16.0. The number of piperidine rings is 1. The molecule has 4 nitrogen and oxygen atoms in total. The predicted octanol–water partition coefficient (Wildman–Crippen LogP) is 5.00. The molecular weight excluding hydrogens is 421 g/mol. The van der Waals surface area contributed by atoms with Crippen molar-refractivity contribution in [3.8, 4) is 5.75 Å². The Morgan fingerprint density at radius 2 is 1.93 bits per heavy atom. The molecule has 0 spiro atoms. The van der Waals surface area contributed by atoms with Crippen molar-refractivity contribution in [3.63, 3.8) is 0 Å². The molecule has 6 heteroatoms. The van der Waals surface area contributed by atoms with Gasteiger partial charge in [0.25, 0.3) is 0 Å². The van der Waals surface area contributed by atoms with Crippen LogP contribution < -0.4 is 4.74 Å². The van der Waals surface area contributed by atoms with Crippen molar-refractivity contribution in [1.29, 1.82) is 0 Å². The molecule has 1 aromatic heterocycles. The van der Waals surface area contributed by atoms with Gasteiger partial charge in [-0.25, -0.2) is 9.37 Å². The van der Waals surface area contributed by atoms with E-state index in [1.807, 2.05) is 6.07 Å². The molecule has 1 aliphatic rings. The summed E-state index contributed by atoms with van der Waals surface area (Å²) in [7, 11) is 3.67. The van der Waals surface area contributed by atoms with Gasteiger partial charge in [-0.3, -0.25) is 0 Å². The smallest absolute Gasteiger partial charge is 0.165 e. The lowest BCUT2D eigenvalue weighted by Crippen LogP contribution is -2.32. The molecule has 0 atom stereocenters. The van der Waals surface area contributed by atoms with Crippen LogP contribution in [0.15, 0.2) is 40.9 Å². The number of halogens is 2. The lowest BCUT2D eigenvalue weighted by atomic mass is 10.0. The largest absolute Gasteiger partial charge is 0.494 e. The fourth-order valence-electron chi connectivity index (χ4n) is 4.08. The number of nitrogens with zero attached hydrogens (tertiary/aromatic N) is 3. The number of hydrogen-bond acceptors (Lipinski definition) is 3. The average molecular weight is 446 g/mol. The highest BCUT2D eigenvalue weighted by atomic mass is 79.9. The van der Waals surface area contributed by atoms with Crippen LogP contribution in [0.25, 0.3) is 11.0 Å². The molecule has 0 aliphatic carbocycles. The van der Waals surface area contributed by atoms with Gasteiger partial charge in [0.1, 0.15) is 5.82 Å². The fraction of sp³-hybridized carbons (Fsp3) is 0.409. The zero-order valence-electron chi connectivity index (χ0n) is 16.3. The Bertz CT molecular complexity index is 979. The fourth-order valence-corrected chi connectivity index (χ4v) is 4.43. The van der Waals surface area contributed by atoms with Crippen LogP contribution >= 0.6 is 15.9 Å². The van der Waals surface area contributed by atoms with Crippen LogP contribution in [0.2, 0.25) is 0 Å². The van der Waals surface area contributed by atoms with Gasteiger partial charge in [-0.2, -0.15) is 0 Å². The zero-order chi connectivity index (χ0) is 19.7. The molecule has 148 valence electrons. The summed E-state index contributed by atoms with van der Waals surface area (Å²) in [5.41, 5.74) is 3.17. The van der Waals surface area contributed by atoms with Crippen LogP contribution in [0.3, 0.4) is 0 Å². The number of benzene rings is 2. The molecule has 0 radical (unpaired) electrons. The van der Waals surface area contributed by atoms with Crippen molar-refractivity contribution in [2.75, 3.05) is 27.2 Å². The molecule has 4 rings (SSSR count). The summed E-state index contributed by atoms with van der Waals surface area (Å²) >= 11 is 3.56. The second kappa shape index (κ2) is 8.21. The SMILES string of the molecule is COc1ccc(CCc2nc3cc(Br)ccc3n2C2CCN(C)CC2)cc1F. The molecule has 0 N–H and O–H groups in total. The number of ether oxygens (including phenoxy) is 1. The minimum Gasteiger partial charge on any atom is -0.494 e. The molecule has 3 aromatic rings. The maximum atomic E-state index is 14.0. The van der Waals surface area contributed by atoms with Gasteiger partial charge in [-0.1, -0.05) is 22.0 Å². The number of methoxy groups -OCH3 is 1. The molecule has 0 amide bonds. The van der Waals surface area contributed by atoms with E-state index in [1.165, 1.54) is 12.6 Å². The van der Waals surface area contributed by atoms with Crippen molar-refractivity contribution in [2.24, 2.45) is 0 Å². The van der Waals surface area contributed by atoms with E-state index in [1.54, 1.807) is 12.1 Å². The summed E-state index contributed by atoms with van der Waals surface area (Å²) in [5.74, 6) is 1.05. The van der Waals surface area contributed by atoms with Gasteiger partial charge >= 0.3 is 0 Å². The van der Waals surface area contributed by atoms with Crippen LogP contribution in [0.4, 0.5) is 4.39 Å². The third-order valence-electron chi connectivity index (χ3n) is 5.63. The van der Waals surface area contributed by atoms with Gasteiger partial charge in [-0.05, 0) is 75.3 Å². The lowest BCUT2D eigenvalue weighted by Gasteiger charge is -2.31. The van der Waals surface area contributed by atoms with E-state index >= 15 is 0 Å². The lowest BCUT2D eigenvalue weighted by molar-refractivity contribution is 0.221. The second-order valence-electron chi connectivity index (χ2n) is 7.53. The zero-order valence-corrected chi connectivity index (χ0v) is 17.9. The number of hydrogen-bond donors (Lipinski definition) is 0. The molecule has 2 aromatic carbocycles. The molecule has 1 saturated heterocycles. The molecule has 0 saturated carbocycles. The van der Waals surface area contributed by atoms with Crippen LogP contribution in [0, 0.1) is 5.82 Å². The minimum atomic E-state index is -0.312. The monoisotopic (exact) mass is 445 g/mol. The number of aryl methyl sites for hydroxylation is 2. The predicted molar refractivity (Wildman–Crippen MR) is 114 cm³/mol. The summed E-state index contributed by atoms with van der Waals surface area (Å²) in [6.45, 7) is 2.20. The van der Waals surface area contributed by atoms with Crippen molar-refractivity contribution in [3.05, 3.63) is 58.1 Å². The first-order chi connectivity index (χ1) is 13.5. The van der Waals surface area contributed by atoms with E-state index in [2.05, 4.69) is 50.6 Å². The molecule has 28 heavy (non-hydrogen) atoms. The van der Waals surface area contributed by atoms with E-state index in [4.69, 9.17) is 9.72 Å². The molecule has 1 fully saturated rings. The summed E-state index contributed by atoms with van der Waals surface area (Å²) in [4.78, 5) is 7.32. The molecular formula is C22H25BrFN3O. The van der Waals surface area contributed by atoms with Crippen molar-refractivity contribution < 1.29 is 9.13 Å². The van der Waals surface area contributed by atoms with E-state index < -0.39 is 0 Å². The Hall–Kier alpha value is -1.92. The van der Waals surface area contributed by atoms with Gasteiger partial charge in [0.15, 0.2) is 11.6 Å². The van der Waals surface area contributed by atoms with Crippen LogP contribution in [0.1, 0.15) is 30.3 Å². The minimum absolute atomic E-state index is 0.284. The first-order valence-corrected chi connectivity index (χ1v) is 10.5. The van der Waals surface area contributed by atoms with Crippen molar-refractivity contribution in [2.45, 2.75) is 31.7 Å². The number of aromatic nitrogens is 2. The number of imidazole rings is 1. The Morgan fingerprint density at radius 3 is 2.64 bits per heavy atom. The number of likely N-dealkylation sites (tertiary alicyclic amines) is 1. The Kier molecular flexibility index (Phi) is 5.69. The van der Waals surface area contributed by atoms with E-state index in [9.17, 15) is 4.39 Å². The van der Waals surface area contributed by atoms with Crippen molar-refractivity contribution >= 4 is 27.0 Å². The van der Waals surface area contributed by atoms with Crippen LogP contribution in [0.5, 0.6) is 5.75 Å². The van der Waals surface area contributed by atoms with Gasteiger partial charge in [0.2, 0.25) is 0 Å². The van der Waals surface area contributed by atoms with Crippen molar-refractivity contribution in [1.82, 2.24) is 14.5 Å². The third-order valence-corrected chi connectivity index (χ3v) is 6.12. The molecule has 1 aliphatic heterocycles. The van der Waals surface area contributed by atoms with E-state index in [0.717, 1.165) is 60.2 Å². The Labute approximate surface area is 173 Å². The van der Waals surface area contributed by atoms with E-state index in [-0.39, 0.29) is 11.6 Å². The highest BCUT2D eigenvalue weighted by Crippen LogP contribution is 2.30. The van der Waals surface area contributed by atoms with E-state index in [0.29, 0.717) is 6.04 Å². The van der Waals surface area contributed by atoms with Gasteiger partial charge in [-0.15, -0.1) is 0 Å². The first kappa shape index (κ1) is 19.4. The van der Waals surface area contributed by atoms with Gasteiger partial charge in [0.05, 0.1) is 18.1 Å². The summed E-state index contributed by atoms with van der Waals surface area (Å²) < 4.78 is 22.5. The quantitative estimate of drug-likeness (QED) is 0.553. The maximum Gasteiger partial charge on any atom is 0.165 e. The highest BCUT2D eigenvalue weighted by Gasteiger charge is 2.23. The van der Waals surface area contributed by atoms with Crippen LogP contribution in [-0.4, -0.2) is 41.7 Å². The maximum absolute atomic E-state index is 14.0.